The highest BCUT2D eigenvalue weighted by Crippen LogP contribution is 2.29. The van der Waals surface area contributed by atoms with E-state index >= 15 is 0 Å². The summed E-state index contributed by atoms with van der Waals surface area (Å²) in [6, 6.07) is 5.84. The smallest absolute Gasteiger partial charge is 0.416 e. The first-order chi connectivity index (χ1) is 14.1. The van der Waals surface area contributed by atoms with Gasteiger partial charge in [0.2, 0.25) is 0 Å². The van der Waals surface area contributed by atoms with Crippen molar-refractivity contribution < 1.29 is 33.0 Å². The third-order valence-corrected chi connectivity index (χ3v) is 3.94. The molecule has 0 radical (unpaired) electrons. The largest absolute Gasteiger partial charge is 0.505 e. The first-order valence-electron chi connectivity index (χ1n) is 8.39. The molecule has 3 N–H and O–H groups in total. The van der Waals surface area contributed by atoms with Gasteiger partial charge in [-0.15, -0.1) is 5.10 Å². The minimum absolute atomic E-state index is 0.167. The summed E-state index contributed by atoms with van der Waals surface area (Å²) in [6.45, 7) is -0.458. The second-order valence-corrected chi connectivity index (χ2v) is 6.16. The number of rotatable bonds is 6. The number of aromatic hydroxyl groups is 1. The normalized spacial score (nSPS) is 11.3. The van der Waals surface area contributed by atoms with E-state index in [0.717, 1.165) is 12.1 Å². The molecule has 0 aliphatic carbocycles. The fourth-order valence-electron chi connectivity index (χ4n) is 2.50. The Kier molecular flexibility index (Phi) is 5.67. The molecule has 1 amide bonds. The second-order valence-electron chi connectivity index (χ2n) is 6.16. The van der Waals surface area contributed by atoms with Crippen molar-refractivity contribution in [1.29, 1.82) is 0 Å². The molecule has 0 saturated heterocycles. The van der Waals surface area contributed by atoms with Crippen molar-refractivity contribution in [3.05, 3.63) is 59.5 Å². The molecule has 0 atom stereocenters. The lowest BCUT2D eigenvalue weighted by Crippen LogP contribution is -2.29. The zero-order valence-corrected chi connectivity index (χ0v) is 15.1. The molecule has 0 unspecified atom stereocenters. The molecule has 3 aromatic rings. The minimum atomic E-state index is -4.41. The van der Waals surface area contributed by atoms with Crippen LogP contribution in [0.1, 0.15) is 21.6 Å². The van der Waals surface area contributed by atoms with Gasteiger partial charge in [0.05, 0.1) is 18.3 Å². The summed E-state index contributed by atoms with van der Waals surface area (Å²) in [5.41, 5.74) is 0.116. The summed E-state index contributed by atoms with van der Waals surface area (Å²) in [5.74, 6) is -2.58. The Hall–Kier alpha value is -3.96. The molecule has 0 aliphatic heterocycles. The summed E-state index contributed by atoms with van der Waals surface area (Å²) in [6.07, 6.45) is -1.66. The van der Waals surface area contributed by atoms with Crippen molar-refractivity contribution in [2.45, 2.75) is 12.7 Å². The highest BCUT2D eigenvalue weighted by atomic mass is 19.4. The lowest BCUT2D eigenvalue weighted by molar-refractivity contribution is -0.138. The quantitative estimate of drug-likeness (QED) is 0.554. The molecule has 30 heavy (non-hydrogen) atoms. The van der Waals surface area contributed by atoms with Gasteiger partial charge in [0.1, 0.15) is 18.0 Å². The van der Waals surface area contributed by atoms with Crippen molar-refractivity contribution in [3.8, 4) is 17.0 Å². The van der Waals surface area contributed by atoms with Crippen LogP contribution in [0.3, 0.4) is 0 Å². The number of carbonyl (C=O) groups is 2. The molecule has 156 valence electrons. The summed E-state index contributed by atoms with van der Waals surface area (Å²) in [7, 11) is 0. The molecule has 0 aliphatic rings. The molecule has 9 nitrogen and oxygen atoms in total. The van der Waals surface area contributed by atoms with E-state index in [1.54, 1.807) is 0 Å². The van der Waals surface area contributed by atoms with E-state index in [9.17, 15) is 27.9 Å². The van der Waals surface area contributed by atoms with Crippen molar-refractivity contribution in [3.63, 3.8) is 0 Å². The van der Waals surface area contributed by atoms with Crippen LogP contribution in [0.5, 0.6) is 5.75 Å². The molecule has 1 aromatic carbocycles. The van der Waals surface area contributed by atoms with Crippen LogP contribution in [0.25, 0.3) is 11.3 Å². The minimum Gasteiger partial charge on any atom is -0.505 e. The Labute approximate surface area is 166 Å². The molecular weight excluding hydrogens is 407 g/mol. The molecule has 0 spiro atoms. The number of carboxylic acids is 1. The number of pyridine rings is 1. The van der Waals surface area contributed by atoms with Crippen LogP contribution >= 0.6 is 0 Å². The van der Waals surface area contributed by atoms with Crippen molar-refractivity contribution in [2.75, 3.05) is 6.54 Å². The van der Waals surface area contributed by atoms with E-state index in [2.05, 4.69) is 20.6 Å². The van der Waals surface area contributed by atoms with Crippen LogP contribution in [-0.2, 0) is 17.5 Å². The number of nitrogens with zero attached hydrogens (tertiary/aromatic N) is 4. The number of aliphatic carboxylic acids is 1. The Morgan fingerprint density at radius 1 is 1.17 bits per heavy atom. The van der Waals surface area contributed by atoms with Gasteiger partial charge in [0, 0.05) is 11.8 Å². The summed E-state index contributed by atoms with van der Waals surface area (Å²) in [4.78, 5) is 26.1. The predicted octanol–water partition coefficient (Wildman–Crippen LogP) is 1.93. The van der Waals surface area contributed by atoms with Crippen LogP contribution in [0.4, 0.5) is 13.2 Å². The van der Waals surface area contributed by atoms with Crippen molar-refractivity contribution in [2.24, 2.45) is 0 Å². The number of carboxylic acid groups (broad SMARTS) is 1. The van der Waals surface area contributed by atoms with E-state index in [-0.39, 0.29) is 12.2 Å². The molecule has 0 saturated carbocycles. The summed E-state index contributed by atoms with van der Waals surface area (Å²) < 4.78 is 39.3. The van der Waals surface area contributed by atoms with Crippen molar-refractivity contribution in [1.82, 2.24) is 25.3 Å². The second kappa shape index (κ2) is 8.19. The van der Waals surface area contributed by atoms with Gasteiger partial charge in [-0.25, -0.2) is 9.67 Å². The number of hydrogen-bond acceptors (Lipinski definition) is 6. The van der Waals surface area contributed by atoms with Gasteiger partial charge in [-0.3, -0.25) is 9.59 Å². The Bertz CT molecular complexity index is 1080. The highest BCUT2D eigenvalue weighted by molar-refractivity contribution is 5.96. The average molecular weight is 421 g/mol. The van der Waals surface area contributed by atoms with Gasteiger partial charge in [-0.05, 0) is 23.8 Å². The Morgan fingerprint density at radius 2 is 1.87 bits per heavy atom. The van der Waals surface area contributed by atoms with Crippen molar-refractivity contribution >= 4 is 11.9 Å². The van der Waals surface area contributed by atoms with E-state index in [0.29, 0.717) is 16.8 Å². The predicted molar refractivity (Wildman–Crippen MR) is 95.4 cm³/mol. The van der Waals surface area contributed by atoms with Crippen LogP contribution in [0.2, 0.25) is 0 Å². The van der Waals surface area contributed by atoms with E-state index in [1.807, 2.05) is 0 Å². The zero-order chi connectivity index (χ0) is 21.9. The summed E-state index contributed by atoms with van der Waals surface area (Å²) in [5, 5.41) is 28.5. The number of aromatic nitrogens is 4. The first kappa shape index (κ1) is 20.8. The molecule has 2 heterocycles. The van der Waals surface area contributed by atoms with Gasteiger partial charge >= 0.3 is 12.1 Å². The third kappa shape index (κ3) is 4.90. The highest BCUT2D eigenvalue weighted by Gasteiger charge is 2.29. The van der Waals surface area contributed by atoms with E-state index < -0.39 is 35.9 Å². The average Bonchev–Trinajstić information content (AvgIpc) is 3.14. The molecule has 3 rings (SSSR count). The maximum absolute atomic E-state index is 12.6. The van der Waals surface area contributed by atoms with Crippen LogP contribution in [0.15, 0.2) is 42.7 Å². The van der Waals surface area contributed by atoms with Crippen LogP contribution in [0, 0.1) is 0 Å². The molecule has 0 bridgehead atoms. The third-order valence-electron chi connectivity index (χ3n) is 3.94. The van der Waals surface area contributed by atoms with Crippen LogP contribution < -0.4 is 5.32 Å². The fraction of sp³-hybridized carbons (Fsp3) is 0.167. The topological polar surface area (TPSA) is 130 Å². The van der Waals surface area contributed by atoms with Gasteiger partial charge < -0.3 is 15.5 Å². The summed E-state index contributed by atoms with van der Waals surface area (Å²) >= 11 is 0. The number of benzene rings is 1. The Balaban J connectivity index is 1.72. The maximum Gasteiger partial charge on any atom is 0.416 e. The first-order valence-corrected chi connectivity index (χ1v) is 8.39. The number of halogens is 3. The molecule has 2 aromatic heterocycles. The molecular formula is C18H14F3N5O4. The molecule has 12 heteroatoms. The zero-order valence-electron chi connectivity index (χ0n) is 15.1. The number of carbonyl (C=O) groups excluding carboxylic acids is 1. The van der Waals surface area contributed by atoms with Gasteiger partial charge in [0.25, 0.3) is 5.91 Å². The van der Waals surface area contributed by atoms with Gasteiger partial charge in [0.15, 0.2) is 5.69 Å². The monoisotopic (exact) mass is 421 g/mol. The lowest BCUT2D eigenvalue weighted by Gasteiger charge is -2.07. The Morgan fingerprint density at radius 3 is 2.47 bits per heavy atom. The fourth-order valence-corrected chi connectivity index (χ4v) is 2.50. The van der Waals surface area contributed by atoms with E-state index in [4.69, 9.17) is 5.11 Å². The maximum atomic E-state index is 12.6. The van der Waals surface area contributed by atoms with Gasteiger partial charge in [-0.2, -0.15) is 13.2 Å². The number of hydrogen-bond donors (Lipinski definition) is 3. The molecule has 0 fully saturated rings. The standard InChI is InChI=1S/C18H14F3N5O4/c19-18(20,21)12-3-1-10(2-4-12)8-26-9-13(24-25-26)11-5-14(27)16(22-6-11)17(30)23-7-15(28)29/h1-6,9,27H,7-8H2,(H,23,30)(H,28,29). The van der Waals surface area contributed by atoms with Crippen LogP contribution in [-0.4, -0.2) is 48.6 Å². The van der Waals surface area contributed by atoms with E-state index in [1.165, 1.54) is 35.3 Å². The number of amides is 1. The number of alkyl halides is 3. The number of nitrogens with one attached hydrogen (secondary N) is 1. The van der Waals surface area contributed by atoms with Gasteiger partial charge in [-0.1, -0.05) is 17.3 Å². The SMILES string of the molecule is O=C(O)CNC(=O)c1ncc(-c2cn(Cc3ccc(C(F)(F)F)cc3)nn2)cc1O. The lowest BCUT2D eigenvalue weighted by atomic mass is 10.1.